The standard InChI is InChI=1S/C17H24ClN3O2/c1-23-16-14(18)7-4-8-15(16)19-17(22)21-11-5-6-13(21)12-20-9-2-3-10-20/h4,7-8,13H,2-3,5-6,9-12H2,1H3,(H,19,22). The van der Waals surface area contributed by atoms with Crippen LogP contribution in [0.5, 0.6) is 5.75 Å². The summed E-state index contributed by atoms with van der Waals surface area (Å²) in [6, 6.07) is 5.62. The molecule has 0 radical (unpaired) electrons. The van der Waals surface area contributed by atoms with Gasteiger partial charge in [0.05, 0.1) is 17.8 Å². The molecule has 0 bridgehead atoms. The number of benzene rings is 1. The number of nitrogens with one attached hydrogen (secondary N) is 1. The number of urea groups is 1. The summed E-state index contributed by atoms with van der Waals surface area (Å²) in [5, 5.41) is 3.46. The number of halogens is 1. The van der Waals surface area contributed by atoms with Gasteiger partial charge in [-0.3, -0.25) is 0 Å². The molecule has 1 aromatic rings. The maximum atomic E-state index is 12.7. The molecule has 2 heterocycles. The second kappa shape index (κ2) is 7.41. The van der Waals surface area contributed by atoms with Crippen molar-refractivity contribution in [3.8, 4) is 5.75 Å². The van der Waals surface area contributed by atoms with Gasteiger partial charge in [-0.25, -0.2) is 4.79 Å². The van der Waals surface area contributed by atoms with Crippen LogP contribution >= 0.6 is 11.6 Å². The summed E-state index contributed by atoms with van der Waals surface area (Å²) in [6.45, 7) is 4.12. The Kier molecular flexibility index (Phi) is 5.28. The molecule has 1 N–H and O–H groups in total. The van der Waals surface area contributed by atoms with Gasteiger partial charge in [0.1, 0.15) is 0 Å². The summed E-state index contributed by atoms with van der Waals surface area (Å²) in [5.41, 5.74) is 0.622. The van der Waals surface area contributed by atoms with Crippen LogP contribution in [-0.2, 0) is 0 Å². The maximum Gasteiger partial charge on any atom is 0.322 e. The molecule has 0 saturated carbocycles. The molecular formula is C17H24ClN3O2. The van der Waals surface area contributed by atoms with Crippen molar-refractivity contribution in [3.63, 3.8) is 0 Å². The number of rotatable bonds is 4. The lowest BCUT2D eigenvalue weighted by Crippen LogP contribution is -2.44. The molecule has 0 aromatic heterocycles. The molecule has 2 fully saturated rings. The van der Waals surface area contributed by atoms with Crippen molar-refractivity contribution in [2.45, 2.75) is 31.7 Å². The number of likely N-dealkylation sites (tertiary alicyclic amines) is 2. The minimum absolute atomic E-state index is 0.0627. The van der Waals surface area contributed by atoms with Gasteiger partial charge in [0.2, 0.25) is 0 Å². The van der Waals surface area contributed by atoms with Crippen molar-refractivity contribution < 1.29 is 9.53 Å². The van der Waals surface area contributed by atoms with E-state index in [1.54, 1.807) is 13.2 Å². The summed E-state index contributed by atoms with van der Waals surface area (Å²) in [5.74, 6) is 0.512. The molecule has 0 aliphatic carbocycles. The monoisotopic (exact) mass is 337 g/mol. The molecule has 2 amide bonds. The smallest absolute Gasteiger partial charge is 0.322 e. The maximum absolute atomic E-state index is 12.7. The zero-order valence-electron chi connectivity index (χ0n) is 13.6. The molecule has 2 aliphatic rings. The molecule has 1 unspecified atom stereocenters. The zero-order chi connectivity index (χ0) is 16.2. The molecule has 1 aromatic carbocycles. The Morgan fingerprint density at radius 3 is 2.83 bits per heavy atom. The molecule has 0 spiro atoms. The van der Waals surface area contributed by atoms with E-state index in [0.29, 0.717) is 22.5 Å². The van der Waals surface area contributed by atoms with Crippen LogP contribution in [0.2, 0.25) is 5.02 Å². The molecule has 6 heteroatoms. The van der Waals surface area contributed by atoms with Crippen molar-refractivity contribution in [1.29, 1.82) is 0 Å². The quantitative estimate of drug-likeness (QED) is 0.915. The lowest BCUT2D eigenvalue weighted by molar-refractivity contribution is 0.186. The average Bonchev–Trinajstić information content (AvgIpc) is 3.19. The molecule has 3 rings (SSSR count). The van der Waals surface area contributed by atoms with Crippen LogP contribution in [0.3, 0.4) is 0 Å². The van der Waals surface area contributed by atoms with Crippen molar-refractivity contribution in [2.24, 2.45) is 0 Å². The number of hydrogen-bond acceptors (Lipinski definition) is 3. The molecule has 126 valence electrons. The molecule has 5 nitrogen and oxygen atoms in total. The van der Waals surface area contributed by atoms with Gasteiger partial charge in [-0.05, 0) is 50.9 Å². The predicted molar refractivity (Wildman–Crippen MR) is 92.4 cm³/mol. The largest absolute Gasteiger partial charge is 0.493 e. The van der Waals surface area contributed by atoms with E-state index in [1.165, 1.54) is 12.8 Å². The number of carbonyl (C=O) groups excluding carboxylic acids is 1. The first-order valence-electron chi connectivity index (χ1n) is 8.31. The van der Waals surface area contributed by atoms with Gasteiger partial charge in [-0.1, -0.05) is 17.7 Å². The van der Waals surface area contributed by atoms with Gasteiger partial charge in [-0.2, -0.15) is 0 Å². The van der Waals surface area contributed by atoms with E-state index < -0.39 is 0 Å². The predicted octanol–water partition coefficient (Wildman–Crippen LogP) is 3.44. The number of hydrogen-bond donors (Lipinski definition) is 1. The fourth-order valence-corrected chi connectivity index (χ4v) is 3.81. The lowest BCUT2D eigenvalue weighted by Gasteiger charge is -2.28. The van der Waals surface area contributed by atoms with E-state index in [1.807, 2.05) is 17.0 Å². The number of carbonyl (C=O) groups is 1. The third-order valence-electron chi connectivity index (χ3n) is 4.72. The number of nitrogens with zero attached hydrogens (tertiary/aromatic N) is 2. The number of methoxy groups -OCH3 is 1. The van der Waals surface area contributed by atoms with Crippen LogP contribution in [0.25, 0.3) is 0 Å². The second-order valence-corrected chi connectivity index (χ2v) is 6.66. The highest BCUT2D eigenvalue weighted by atomic mass is 35.5. The van der Waals surface area contributed by atoms with Gasteiger partial charge in [0, 0.05) is 19.1 Å². The molecule has 2 saturated heterocycles. The highest BCUT2D eigenvalue weighted by Gasteiger charge is 2.31. The summed E-state index contributed by atoms with van der Waals surface area (Å²) in [7, 11) is 1.56. The SMILES string of the molecule is COc1c(Cl)cccc1NC(=O)N1CCCC1CN1CCCC1. The Balaban J connectivity index is 1.66. The third-order valence-corrected chi connectivity index (χ3v) is 5.02. The van der Waals surface area contributed by atoms with Crippen LogP contribution < -0.4 is 10.1 Å². The zero-order valence-corrected chi connectivity index (χ0v) is 14.3. The van der Waals surface area contributed by atoms with Gasteiger partial charge in [0.15, 0.2) is 5.75 Å². The van der Waals surface area contributed by atoms with E-state index in [0.717, 1.165) is 39.0 Å². The average molecular weight is 338 g/mol. The third kappa shape index (κ3) is 3.72. The first-order chi connectivity index (χ1) is 11.2. The van der Waals surface area contributed by atoms with Gasteiger partial charge in [-0.15, -0.1) is 0 Å². The fourth-order valence-electron chi connectivity index (χ4n) is 3.56. The van der Waals surface area contributed by atoms with E-state index in [4.69, 9.17) is 16.3 Å². The molecule has 2 aliphatic heterocycles. The Bertz CT molecular complexity index is 561. The number of amides is 2. The molecular weight excluding hydrogens is 314 g/mol. The van der Waals surface area contributed by atoms with E-state index in [2.05, 4.69) is 10.2 Å². The van der Waals surface area contributed by atoms with Crippen molar-refractivity contribution in [2.75, 3.05) is 38.6 Å². The summed E-state index contributed by atoms with van der Waals surface area (Å²) in [6.07, 6.45) is 4.70. The Morgan fingerprint density at radius 2 is 2.09 bits per heavy atom. The van der Waals surface area contributed by atoms with Crippen LogP contribution in [-0.4, -0.2) is 55.2 Å². The molecule has 1 atom stereocenters. The Hall–Kier alpha value is -1.46. The Labute approximate surface area is 142 Å². The van der Waals surface area contributed by atoms with Crippen molar-refractivity contribution >= 4 is 23.3 Å². The van der Waals surface area contributed by atoms with Crippen LogP contribution in [0, 0.1) is 0 Å². The van der Waals surface area contributed by atoms with Gasteiger partial charge in [0.25, 0.3) is 0 Å². The number of para-hydroxylation sites is 1. The normalized spacial score (nSPS) is 21.7. The summed E-state index contributed by atoms with van der Waals surface area (Å²) >= 11 is 6.12. The summed E-state index contributed by atoms with van der Waals surface area (Å²) in [4.78, 5) is 17.1. The van der Waals surface area contributed by atoms with Crippen LogP contribution in [0.15, 0.2) is 18.2 Å². The van der Waals surface area contributed by atoms with Crippen LogP contribution in [0.4, 0.5) is 10.5 Å². The van der Waals surface area contributed by atoms with Crippen LogP contribution in [0.1, 0.15) is 25.7 Å². The van der Waals surface area contributed by atoms with E-state index in [-0.39, 0.29) is 6.03 Å². The van der Waals surface area contributed by atoms with Crippen molar-refractivity contribution in [3.05, 3.63) is 23.2 Å². The van der Waals surface area contributed by atoms with Gasteiger partial charge < -0.3 is 19.9 Å². The lowest BCUT2D eigenvalue weighted by atomic mass is 10.2. The van der Waals surface area contributed by atoms with E-state index >= 15 is 0 Å². The first-order valence-corrected chi connectivity index (χ1v) is 8.69. The van der Waals surface area contributed by atoms with Gasteiger partial charge >= 0.3 is 6.03 Å². The first kappa shape index (κ1) is 16.4. The fraction of sp³-hybridized carbons (Fsp3) is 0.588. The minimum atomic E-state index is -0.0627. The van der Waals surface area contributed by atoms with Crippen molar-refractivity contribution in [1.82, 2.24) is 9.80 Å². The molecule has 23 heavy (non-hydrogen) atoms. The minimum Gasteiger partial charge on any atom is -0.493 e. The van der Waals surface area contributed by atoms with E-state index in [9.17, 15) is 4.79 Å². The number of ether oxygens (including phenoxy) is 1. The summed E-state index contributed by atoms with van der Waals surface area (Å²) < 4.78 is 5.30. The number of anilines is 1. The topological polar surface area (TPSA) is 44.8 Å². The highest BCUT2D eigenvalue weighted by molar-refractivity contribution is 6.32. The highest BCUT2D eigenvalue weighted by Crippen LogP contribution is 2.33. The second-order valence-electron chi connectivity index (χ2n) is 6.25. The Morgan fingerprint density at radius 1 is 1.30 bits per heavy atom.